The highest BCUT2D eigenvalue weighted by Crippen LogP contribution is 2.23. The van der Waals surface area contributed by atoms with Crippen LogP contribution in [0.4, 0.5) is 5.82 Å². The molecule has 0 atom stereocenters. The first kappa shape index (κ1) is 13.0. The van der Waals surface area contributed by atoms with Crippen molar-refractivity contribution in [3.8, 4) is 11.4 Å². The molecule has 0 amide bonds. The predicted molar refractivity (Wildman–Crippen MR) is 73.4 cm³/mol. The van der Waals surface area contributed by atoms with Gasteiger partial charge in [-0.3, -0.25) is 0 Å². The van der Waals surface area contributed by atoms with Crippen molar-refractivity contribution in [3.05, 3.63) is 41.1 Å². The molecule has 0 fully saturated rings. The number of aromatic nitrogens is 2. The van der Waals surface area contributed by atoms with Crippen molar-refractivity contribution in [2.24, 2.45) is 0 Å². The number of hydrogen-bond donors (Lipinski definition) is 2. The molecule has 1 aromatic carbocycles. The highest BCUT2D eigenvalue weighted by atomic mass is 16.4. The smallest absolute Gasteiger partial charge is 0.354 e. The van der Waals surface area contributed by atoms with E-state index in [4.69, 9.17) is 5.11 Å². The van der Waals surface area contributed by atoms with Gasteiger partial charge in [0.05, 0.1) is 0 Å². The number of rotatable bonds is 3. The van der Waals surface area contributed by atoms with Crippen molar-refractivity contribution < 1.29 is 9.90 Å². The fraction of sp³-hybridized carbons (Fsp3) is 0.214. The molecule has 5 nitrogen and oxygen atoms in total. The number of carboxylic acid groups (broad SMARTS) is 1. The van der Waals surface area contributed by atoms with E-state index >= 15 is 0 Å². The summed E-state index contributed by atoms with van der Waals surface area (Å²) in [5, 5.41) is 11.9. The largest absolute Gasteiger partial charge is 0.477 e. The Hall–Kier alpha value is -2.43. The van der Waals surface area contributed by atoms with Crippen molar-refractivity contribution in [2.45, 2.75) is 13.8 Å². The first-order valence-corrected chi connectivity index (χ1v) is 5.89. The summed E-state index contributed by atoms with van der Waals surface area (Å²) in [7, 11) is 1.70. The molecule has 0 aliphatic rings. The number of nitrogens with one attached hydrogen (secondary N) is 1. The van der Waals surface area contributed by atoms with E-state index in [1.54, 1.807) is 7.05 Å². The third kappa shape index (κ3) is 2.70. The Kier molecular flexibility index (Phi) is 3.46. The maximum absolute atomic E-state index is 11.1. The van der Waals surface area contributed by atoms with Crippen LogP contribution < -0.4 is 5.32 Å². The Labute approximate surface area is 111 Å². The summed E-state index contributed by atoms with van der Waals surface area (Å²) in [6, 6.07) is 7.34. The molecule has 2 rings (SSSR count). The van der Waals surface area contributed by atoms with Crippen LogP contribution in [-0.4, -0.2) is 28.1 Å². The Bertz CT molecular complexity index is 639. The standard InChI is InChI=1S/C14H15N3O2/c1-8-4-5-9(2)10(6-8)13-16-11(14(18)19)7-12(15-3)17-13/h4-7H,1-3H3,(H,18,19)(H,15,16,17). The normalized spacial score (nSPS) is 10.3. The molecule has 2 N–H and O–H groups in total. The van der Waals surface area contributed by atoms with Gasteiger partial charge in [-0.25, -0.2) is 14.8 Å². The molecule has 0 saturated carbocycles. The van der Waals surface area contributed by atoms with Gasteiger partial charge in [0.15, 0.2) is 11.5 Å². The number of aryl methyl sites for hydroxylation is 2. The zero-order chi connectivity index (χ0) is 14.0. The van der Waals surface area contributed by atoms with Gasteiger partial charge < -0.3 is 10.4 Å². The van der Waals surface area contributed by atoms with Crippen LogP contribution in [0.1, 0.15) is 21.6 Å². The molecule has 2 aromatic rings. The summed E-state index contributed by atoms with van der Waals surface area (Å²) >= 11 is 0. The van der Waals surface area contributed by atoms with Gasteiger partial charge in [0, 0.05) is 18.7 Å². The molecule has 1 aromatic heterocycles. The lowest BCUT2D eigenvalue weighted by atomic mass is 10.1. The summed E-state index contributed by atoms with van der Waals surface area (Å²) in [6.45, 7) is 3.92. The molecule has 19 heavy (non-hydrogen) atoms. The average molecular weight is 257 g/mol. The molecule has 1 heterocycles. The predicted octanol–water partition coefficient (Wildman–Crippen LogP) is 2.50. The molecule has 5 heteroatoms. The number of nitrogens with zero attached hydrogens (tertiary/aromatic N) is 2. The third-order valence-electron chi connectivity index (χ3n) is 2.84. The van der Waals surface area contributed by atoms with Crippen LogP contribution in [0.2, 0.25) is 0 Å². The van der Waals surface area contributed by atoms with Crippen LogP contribution >= 0.6 is 0 Å². The molecule has 0 bridgehead atoms. The van der Waals surface area contributed by atoms with E-state index in [0.29, 0.717) is 11.6 Å². The second-order valence-electron chi connectivity index (χ2n) is 4.34. The van der Waals surface area contributed by atoms with Gasteiger partial charge in [0.1, 0.15) is 5.82 Å². The highest BCUT2D eigenvalue weighted by molar-refractivity contribution is 5.87. The van der Waals surface area contributed by atoms with E-state index < -0.39 is 5.97 Å². The van der Waals surface area contributed by atoms with E-state index in [0.717, 1.165) is 16.7 Å². The van der Waals surface area contributed by atoms with Crippen LogP contribution in [-0.2, 0) is 0 Å². The maximum atomic E-state index is 11.1. The second kappa shape index (κ2) is 5.06. The number of hydrogen-bond acceptors (Lipinski definition) is 4. The molecule has 0 radical (unpaired) electrons. The number of carboxylic acids is 1. The molecule has 0 saturated heterocycles. The summed E-state index contributed by atoms with van der Waals surface area (Å²) in [5.74, 6) is -0.154. The summed E-state index contributed by atoms with van der Waals surface area (Å²) in [6.07, 6.45) is 0. The summed E-state index contributed by atoms with van der Waals surface area (Å²) < 4.78 is 0. The quantitative estimate of drug-likeness (QED) is 0.883. The number of benzene rings is 1. The van der Waals surface area contributed by atoms with E-state index in [1.807, 2.05) is 32.0 Å². The lowest BCUT2D eigenvalue weighted by molar-refractivity contribution is 0.0690. The van der Waals surface area contributed by atoms with Crippen molar-refractivity contribution in [3.63, 3.8) is 0 Å². The van der Waals surface area contributed by atoms with Gasteiger partial charge in [-0.2, -0.15) is 0 Å². The van der Waals surface area contributed by atoms with Crippen LogP contribution in [0.25, 0.3) is 11.4 Å². The minimum atomic E-state index is -1.06. The Morgan fingerprint density at radius 1 is 1.21 bits per heavy atom. The molecule has 0 unspecified atom stereocenters. The van der Waals surface area contributed by atoms with Crippen molar-refractivity contribution in [2.75, 3.05) is 12.4 Å². The first-order valence-electron chi connectivity index (χ1n) is 5.89. The van der Waals surface area contributed by atoms with Gasteiger partial charge in [-0.15, -0.1) is 0 Å². The lowest BCUT2D eigenvalue weighted by Crippen LogP contribution is -2.06. The summed E-state index contributed by atoms with van der Waals surface area (Å²) in [4.78, 5) is 19.5. The average Bonchev–Trinajstić information content (AvgIpc) is 2.40. The molecular formula is C14H15N3O2. The Morgan fingerprint density at radius 2 is 1.95 bits per heavy atom. The Morgan fingerprint density at radius 3 is 2.58 bits per heavy atom. The first-order chi connectivity index (χ1) is 9.01. The van der Waals surface area contributed by atoms with E-state index in [-0.39, 0.29) is 5.69 Å². The third-order valence-corrected chi connectivity index (χ3v) is 2.84. The van der Waals surface area contributed by atoms with E-state index in [2.05, 4.69) is 15.3 Å². The van der Waals surface area contributed by atoms with Crippen molar-refractivity contribution in [1.29, 1.82) is 0 Å². The number of carbonyl (C=O) groups is 1. The van der Waals surface area contributed by atoms with Crippen LogP contribution in [0.15, 0.2) is 24.3 Å². The zero-order valence-electron chi connectivity index (χ0n) is 11.1. The van der Waals surface area contributed by atoms with Crippen LogP contribution in [0.5, 0.6) is 0 Å². The fourth-order valence-corrected chi connectivity index (χ4v) is 1.78. The van der Waals surface area contributed by atoms with E-state index in [9.17, 15) is 4.79 Å². The van der Waals surface area contributed by atoms with E-state index in [1.165, 1.54) is 6.07 Å². The van der Waals surface area contributed by atoms with Gasteiger partial charge in [-0.1, -0.05) is 17.7 Å². The SMILES string of the molecule is CNc1cc(C(=O)O)nc(-c2cc(C)ccc2C)n1. The van der Waals surface area contributed by atoms with Gasteiger partial charge in [0.25, 0.3) is 0 Å². The molecule has 98 valence electrons. The number of aromatic carboxylic acids is 1. The zero-order valence-corrected chi connectivity index (χ0v) is 11.1. The molecule has 0 spiro atoms. The van der Waals surface area contributed by atoms with Crippen LogP contribution in [0, 0.1) is 13.8 Å². The van der Waals surface area contributed by atoms with Gasteiger partial charge in [0.2, 0.25) is 0 Å². The topological polar surface area (TPSA) is 75.1 Å². The maximum Gasteiger partial charge on any atom is 0.354 e. The summed E-state index contributed by atoms with van der Waals surface area (Å²) in [5.41, 5.74) is 2.92. The molecular weight excluding hydrogens is 242 g/mol. The molecule has 0 aliphatic carbocycles. The van der Waals surface area contributed by atoms with Crippen molar-refractivity contribution in [1.82, 2.24) is 9.97 Å². The highest BCUT2D eigenvalue weighted by Gasteiger charge is 2.12. The second-order valence-corrected chi connectivity index (χ2v) is 4.34. The van der Waals surface area contributed by atoms with Crippen LogP contribution in [0.3, 0.4) is 0 Å². The minimum Gasteiger partial charge on any atom is -0.477 e. The monoisotopic (exact) mass is 257 g/mol. The lowest BCUT2D eigenvalue weighted by Gasteiger charge is -2.08. The molecule has 0 aliphatic heterocycles. The van der Waals surface area contributed by atoms with Crippen molar-refractivity contribution >= 4 is 11.8 Å². The number of anilines is 1. The minimum absolute atomic E-state index is 0.0183. The van der Waals surface area contributed by atoms with Gasteiger partial charge >= 0.3 is 5.97 Å². The Balaban J connectivity index is 2.64. The van der Waals surface area contributed by atoms with Gasteiger partial charge in [-0.05, 0) is 25.5 Å². The fourth-order valence-electron chi connectivity index (χ4n) is 1.78.